The highest BCUT2D eigenvalue weighted by molar-refractivity contribution is 7.13. The molecule has 6 heteroatoms. The second-order valence-electron chi connectivity index (χ2n) is 6.57. The fraction of sp³-hybridized carbons (Fsp3) is 0.227. The molecule has 4 rings (SSSR count). The van der Waals surface area contributed by atoms with Gasteiger partial charge < -0.3 is 14.4 Å². The average Bonchev–Trinajstić information content (AvgIpc) is 3.24. The molecule has 1 aromatic heterocycles. The minimum atomic E-state index is -0.116. The Morgan fingerprint density at radius 1 is 1.18 bits per heavy atom. The lowest BCUT2D eigenvalue weighted by Crippen LogP contribution is -2.43. The summed E-state index contributed by atoms with van der Waals surface area (Å²) in [6.45, 7) is 1.54. The van der Waals surface area contributed by atoms with Gasteiger partial charge in [-0.05, 0) is 11.1 Å². The van der Waals surface area contributed by atoms with Gasteiger partial charge in [-0.3, -0.25) is 4.79 Å². The topological polar surface area (TPSA) is 59.5 Å². The van der Waals surface area contributed by atoms with Crippen LogP contribution >= 0.6 is 11.3 Å². The van der Waals surface area contributed by atoms with Gasteiger partial charge >= 0.3 is 0 Å². The number of benzene rings is 2. The van der Waals surface area contributed by atoms with Crippen LogP contribution in [-0.4, -0.2) is 41.8 Å². The lowest BCUT2D eigenvalue weighted by Gasteiger charge is -2.35. The summed E-state index contributed by atoms with van der Waals surface area (Å²) in [4.78, 5) is 30.6. The van der Waals surface area contributed by atoms with Crippen molar-refractivity contribution in [3.8, 4) is 10.6 Å². The fourth-order valence-corrected chi connectivity index (χ4v) is 4.29. The van der Waals surface area contributed by atoms with Crippen molar-refractivity contribution < 1.29 is 14.3 Å². The van der Waals surface area contributed by atoms with Crippen molar-refractivity contribution in [1.82, 2.24) is 9.88 Å². The van der Waals surface area contributed by atoms with Gasteiger partial charge in [0.05, 0.1) is 19.3 Å². The molecule has 0 spiro atoms. The Balaban J connectivity index is 1.61. The predicted octanol–water partition coefficient (Wildman–Crippen LogP) is 3.77. The van der Waals surface area contributed by atoms with Crippen LogP contribution in [-0.2, 0) is 16.0 Å². The van der Waals surface area contributed by atoms with Crippen molar-refractivity contribution in [1.29, 1.82) is 0 Å². The molecule has 1 unspecified atom stereocenters. The van der Waals surface area contributed by atoms with Crippen LogP contribution in [0.3, 0.4) is 0 Å². The maximum Gasteiger partial charge on any atom is 0.274 e. The van der Waals surface area contributed by atoms with E-state index in [-0.39, 0.29) is 11.9 Å². The highest BCUT2D eigenvalue weighted by Gasteiger charge is 2.30. The van der Waals surface area contributed by atoms with Crippen LogP contribution in [0, 0.1) is 0 Å². The molecule has 1 atom stereocenters. The number of nitrogens with zero attached hydrogens (tertiary/aromatic N) is 2. The monoisotopic (exact) mass is 392 g/mol. The number of thiazole rings is 1. The number of aromatic nitrogens is 1. The van der Waals surface area contributed by atoms with Crippen LogP contribution in [0.5, 0.6) is 0 Å². The third-order valence-corrected chi connectivity index (χ3v) is 5.72. The van der Waals surface area contributed by atoms with E-state index in [1.54, 1.807) is 5.38 Å². The Kier molecular flexibility index (Phi) is 5.60. The summed E-state index contributed by atoms with van der Waals surface area (Å²) < 4.78 is 5.63. The van der Waals surface area contributed by atoms with E-state index in [4.69, 9.17) is 4.74 Å². The van der Waals surface area contributed by atoms with Crippen LogP contribution in [0.1, 0.15) is 27.7 Å². The molecule has 0 radical (unpaired) electrons. The zero-order valence-electron chi connectivity index (χ0n) is 15.3. The molecule has 3 aromatic rings. The Morgan fingerprint density at radius 3 is 2.79 bits per heavy atom. The van der Waals surface area contributed by atoms with Crippen molar-refractivity contribution in [2.75, 3.05) is 19.8 Å². The van der Waals surface area contributed by atoms with Gasteiger partial charge in [-0.1, -0.05) is 54.6 Å². The van der Waals surface area contributed by atoms with Gasteiger partial charge in [0.15, 0.2) is 0 Å². The molecular weight excluding hydrogens is 372 g/mol. The summed E-state index contributed by atoms with van der Waals surface area (Å²) >= 11 is 1.43. The second-order valence-corrected chi connectivity index (χ2v) is 7.42. The van der Waals surface area contributed by atoms with Crippen LogP contribution in [0.2, 0.25) is 0 Å². The van der Waals surface area contributed by atoms with E-state index >= 15 is 0 Å². The number of rotatable bonds is 5. The first-order valence-electron chi connectivity index (χ1n) is 9.19. The summed E-state index contributed by atoms with van der Waals surface area (Å²) in [7, 11) is 0. The van der Waals surface area contributed by atoms with Gasteiger partial charge in [-0.25, -0.2) is 4.98 Å². The molecule has 2 aromatic carbocycles. The molecule has 0 N–H and O–H groups in total. The van der Waals surface area contributed by atoms with Gasteiger partial charge in [0, 0.05) is 23.9 Å². The highest BCUT2D eigenvalue weighted by Crippen LogP contribution is 2.30. The van der Waals surface area contributed by atoms with E-state index in [0.717, 1.165) is 28.0 Å². The van der Waals surface area contributed by atoms with Crippen molar-refractivity contribution >= 4 is 23.5 Å². The number of morpholine rings is 1. The summed E-state index contributed by atoms with van der Waals surface area (Å²) in [5.41, 5.74) is 3.31. The molecule has 1 saturated heterocycles. The van der Waals surface area contributed by atoms with E-state index < -0.39 is 0 Å². The van der Waals surface area contributed by atoms with Crippen molar-refractivity contribution in [2.24, 2.45) is 0 Å². The minimum Gasteiger partial charge on any atom is -0.377 e. The predicted molar refractivity (Wildman–Crippen MR) is 108 cm³/mol. The molecule has 28 heavy (non-hydrogen) atoms. The molecule has 2 heterocycles. The first-order valence-corrected chi connectivity index (χ1v) is 10.1. The maximum absolute atomic E-state index is 13.2. The van der Waals surface area contributed by atoms with Crippen LogP contribution in [0.4, 0.5) is 0 Å². The summed E-state index contributed by atoms with van der Waals surface area (Å²) in [6.07, 6.45) is 1.22. The summed E-state index contributed by atoms with van der Waals surface area (Å²) in [5.74, 6) is -0.0903. The van der Waals surface area contributed by atoms with Crippen molar-refractivity contribution in [2.45, 2.75) is 12.5 Å². The number of carbonyl (C=O) groups is 2. The van der Waals surface area contributed by atoms with Crippen molar-refractivity contribution in [3.63, 3.8) is 0 Å². The quantitative estimate of drug-likeness (QED) is 0.620. The SMILES string of the molecule is O=CCc1ccccc1-c1nc(C(=O)N2CCOCC2c2ccccc2)cs1. The normalized spacial score (nSPS) is 16.7. The van der Waals surface area contributed by atoms with E-state index in [9.17, 15) is 9.59 Å². The molecule has 142 valence electrons. The van der Waals surface area contributed by atoms with Gasteiger partial charge in [0.1, 0.15) is 17.0 Å². The molecular formula is C22H20N2O3S. The number of carbonyl (C=O) groups excluding carboxylic acids is 2. The Labute approximate surface area is 167 Å². The second kappa shape index (κ2) is 8.46. The lowest BCUT2D eigenvalue weighted by atomic mass is 10.0. The molecule has 1 aliphatic heterocycles. The number of hydrogen-bond donors (Lipinski definition) is 0. The third kappa shape index (κ3) is 3.74. The molecule has 1 aliphatic rings. The van der Waals surface area contributed by atoms with Crippen LogP contribution in [0.15, 0.2) is 60.0 Å². The standard InChI is InChI=1S/C22H20N2O3S/c25-12-10-16-6-4-5-9-18(16)21-23-19(15-28-21)22(26)24-11-13-27-14-20(24)17-7-2-1-3-8-17/h1-9,12,15,20H,10-11,13-14H2. The van der Waals surface area contributed by atoms with Gasteiger partial charge in [0.25, 0.3) is 5.91 Å². The average molecular weight is 392 g/mol. The molecule has 0 aliphatic carbocycles. The zero-order chi connectivity index (χ0) is 19.3. The summed E-state index contributed by atoms with van der Waals surface area (Å²) in [5, 5.41) is 2.55. The molecule has 5 nitrogen and oxygen atoms in total. The summed E-state index contributed by atoms with van der Waals surface area (Å²) in [6, 6.07) is 17.5. The van der Waals surface area contributed by atoms with Crippen LogP contribution in [0.25, 0.3) is 10.6 Å². The fourth-order valence-electron chi connectivity index (χ4n) is 3.44. The van der Waals surface area contributed by atoms with Gasteiger partial charge in [0.2, 0.25) is 0 Å². The highest BCUT2D eigenvalue weighted by atomic mass is 32.1. The zero-order valence-corrected chi connectivity index (χ0v) is 16.1. The Bertz CT molecular complexity index is 971. The minimum absolute atomic E-state index is 0.0903. The van der Waals surface area contributed by atoms with Gasteiger partial charge in [-0.15, -0.1) is 11.3 Å². The van der Waals surface area contributed by atoms with Gasteiger partial charge in [-0.2, -0.15) is 0 Å². The van der Waals surface area contributed by atoms with Crippen molar-refractivity contribution in [3.05, 3.63) is 76.8 Å². The number of hydrogen-bond acceptors (Lipinski definition) is 5. The largest absolute Gasteiger partial charge is 0.377 e. The molecule has 1 fully saturated rings. The first-order chi connectivity index (χ1) is 13.8. The van der Waals surface area contributed by atoms with E-state index in [2.05, 4.69) is 4.98 Å². The molecule has 0 saturated carbocycles. The Morgan fingerprint density at radius 2 is 1.96 bits per heavy atom. The smallest absolute Gasteiger partial charge is 0.274 e. The maximum atomic E-state index is 13.2. The molecule has 1 amide bonds. The third-order valence-electron chi connectivity index (χ3n) is 4.85. The number of aldehydes is 1. The number of amides is 1. The van der Waals surface area contributed by atoms with E-state index in [0.29, 0.717) is 31.9 Å². The molecule has 0 bridgehead atoms. The first kappa shape index (κ1) is 18.5. The lowest BCUT2D eigenvalue weighted by molar-refractivity contribution is -0.107. The number of ether oxygens (including phenoxy) is 1. The van der Waals surface area contributed by atoms with E-state index in [1.165, 1.54) is 11.3 Å². The van der Waals surface area contributed by atoms with E-state index in [1.807, 2.05) is 59.5 Å². The van der Waals surface area contributed by atoms with Crippen LogP contribution < -0.4 is 0 Å². The Hall–Kier alpha value is -2.83.